The molecular formula is C24H33F2N2O3P. The topological polar surface area (TPSA) is 53.4 Å². The second-order valence-electron chi connectivity index (χ2n) is 6.70. The van der Waals surface area contributed by atoms with Crippen molar-refractivity contribution in [3.63, 3.8) is 0 Å². The molecule has 0 saturated heterocycles. The number of esters is 1. The highest BCUT2D eigenvalue weighted by molar-refractivity contribution is 7.15. The van der Waals surface area contributed by atoms with Crippen molar-refractivity contribution in [2.75, 3.05) is 28.1 Å². The molecule has 0 N–H and O–H groups in total. The van der Waals surface area contributed by atoms with Crippen LogP contribution in [0.2, 0.25) is 0 Å². The molecule has 0 bridgehead atoms. The Morgan fingerprint density at radius 1 is 1.22 bits per heavy atom. The number of aryl methyl sites for hydroxylation is 1. The fourth-order valence-corrected chi connectivity index (χ4v) is 3.53. The number of allylic oxidation sites excluding steroid dienone is 3. The largest absolute Gasteiger partial charge is 0.497 e. The van der Waals surface area contributed by atoms with Gasteiger partial charge >= 0.3 is 5.97 Å². The molecule has 2 aromatic rings. The summed E-state index contributed by atoms with van der Waals surface area (Å²) in [6.45, 7) is 5.02. The first-order chi connectivity index (χ1) is 15.5. The SMILES string of the molecule is CC/C(=C\C=C(/C)C(=O)OC)n1nc(CF)c2c1-c1ccc(OC)cc1CC2.CF.CP. The van der Waals surface area contributed by atoms with Crippen LogP contribution in [0.1, 0.15) is 37.1 Å². The molecule has 5 nitrogen and oxygen atoms in total. The van der Waals surface area contributed by atoms with Gasteiger partial charge in [0.2, 0.25) is 0 Å². The van der Waals surface area contributed by atoms with Gasteiger partial charge in [-0.1, -0.05) is 19.7 Å². The van der Waals surface area contributed by atoms with E-state index in [1.54, 1.807) is 20.1 Å². The number of ether oxygens (including phenoxy) is 2. The Bertz CT molecular complexity index is 968. The normalized spacial score (nSPS) is 12.4. The van der Waals surface area contributed by atoms with Gasteiger partial charge in [-0.15, -0.1) is 9.24 Å². The summed E-state index contributed by atoms with van der Waals surface area (Å²) in [6, 6.07) is 5.95. The molecule has 0 aliphatic heterocycles. The van der Waals surface area contributed by atoms with Gasteiger partial charge in [0.15, 0.2) is 0 Å². The van der Waals surface area contributed by atoms with Crippen molar-refractivity contribution in [1.29, 1.82) is 0 Å². The third-order valence-electron chi connectivity index (χ3n) is 5.07. The third-order valence-corrected chi connectivity index (χ3v) is 5.07. The number of benzene rings is 1. The van der Waals surface area contributed by atoms with Gasteiger partial charge in [0, 0.05) is 22.4 Å². The molecular weight excluding hydrogens is 433 g/mol. The first-order valence-corrected chi connectivity index (χ1v) is 11.4. The molecule has 176 valence electrons. The summed E-state index contributed by atoms with van der Waals surface area (Å²) in [4.78, 5) is 11.7. The minimum atomic E-state index is -0.602. The lowest BCUT2D eigenvalue weighted by Gasteiger charge is -2.20. The summed E-state index contributed by atoms with van der Waals surface area (Å²) in [7, 11) is 5.92. The van der Waals surface area contributed by atoms with Crippen LogP contribution in [-0.2, 0) is 29.0 Å². The van der Waals surface area contributed by atoms with Gasteiger partial charge in [-0.05, 0) is 56.0 Å². The smallest absolute Gasteiger partial charge is 0.333 e. The molecule has 1 aromatic carbocycles. The second-order valence-corrected chi connectivity index (χ2v) is 6.70. The van der Waals surface area contributed by atoms with E-state index in [0.717, 1.165) is 46.7 Å². The number of nitrogens with zero attached hydrogens (tertiary/aromatic N) is 2. The van der Waals surface area contributed by atoms with Crippen molar-refractivity contribution >= 4 is 20.9 Å². The minimum absolute atomic E-state index is 0.379. The van der Waals surface area contributed by atoms with E-state index < -0.39 is 6.67 Å². The number of hydrogen-bond donors (Lipinski definition) is 0. The number of aromatic nitrogens is 2. The Hall–Kier alpha value is -2.53. The number of hydrogen-bond acceptors (Lipinski definition) is 4. The van der Waals surface area contributed by atoms with E-state index in [4.69, 9.17) is 9.47 Å². The van der Waals surface area contributed by atoms with Gasteiger partial charge in [-0.25, -0.2) is 13.9 Å². The first kappa shape index (κ1) is 27.5. The highest BCUT2D eigenvalue weighted by Crippen LogP contribution is 2.39. The Labute approximate surface area is 191 Å². The Morgan fingerprint density at radius 2 is 1.91 bits per heavy atom. The maximum Gasteiger partial charge on any atom is 0.333 e. The minimum Gasteiger partial charge on any atom is -0.497 e. The second kappa shape index (κ2) is 13.8. The summed E-state index contributed by atoms with van der Waals surface area (Å²) in [5.41, 5.74) is 5.93. The van der Waals surface area contributed by atoms with Crippen molar-refractivity contribution in [3.05, 3.63) is 52.7 Å². The van der Waals surface area contributed by atoms with Gasteiger partial charge in [0.1, 0.15) is 12.4 Å². The van der Waals surface area contributed by atoms with Crippen LogP contribution in [0.25, 0.3) is 17.0 Å². The molecule has 1 aliphatic carbocycles. The van der Waals surface area contributed by atoms with Gasteiger partial charge in [0.05, 0.1) is 32.8 Å². The highest BCUT2D eigenvalue weighted by Gasteiger charge is 2.26. The van der Waals surface area contributed by atoms with Crippen LogP contribution in [0.4, 0.5) is 8.78 Å². The van der Waals surface area contributed by atoms with Gasteiger partial charge in [0.25, 0.3) is 0 Å². The molecule has 1 aromatic heterocycles. The van der Waals surface area contributed by atoms with Crippen LogP contribution in [-0.4, -0.2) is 43.8 Å². The monoisotopic (exact) mass is 466 g/mol. The Kier molecular flexibility index (Phi) is 11.9. The van der Waals surface area contributed by atoms with E-state index in [1.165, 1.54) is 7.11 Å². The van der Waals surface area contributed by atoms with Crippen LogP contribution in [0.5, 0.6) is 5.75 Å². The van der Waals surface area contributed by atoms with E-state index in [-0.39, 0.29) is 5.97 Å². The molecule has 1 heterocycles. The zero-order valence-electron chi connectivity index (χ0n) is 19.7. The average Bonchev–Trinajstić information content (AvgIpc) is 3.24. The molecule has 0 amide bonds. The molecule has 0 spiro atoms. The Balaban J connectivity index is 0.00000121. The maximum absolute atomic E-state index is 13.7. The van der Waals surface area contributed by atoms with Crippen molar-refractivity contribution in [3.8, 4) is 17.0 Å². The Morgan fingerprint density at radius 3 is 2.47 bits per heavy atom. The lowest BCUT2D eigenvalue weighted by atomic mass is 9.88. The number of carbonyl (C=O) groups is 1. The number of carbonyl (C=O) groups excluding carboxylic acids is 1. The lowest BCUT2D eigenvalue weighted by Crippen LogP contribution is -2.08. The maximum atomic E-state index is 13.7. The molecule has 1 atom stereocenters. The summed E-state index contributed by atoms with van der Waals surface area (Å²) < 4.78 is 35.1. The highest BCUT2D eigenvalue weighted by atomic mass is 31.0. The molecule has 0 saturated carbocycles. The van der Waals surface area contributed by atoms with Gasteiger partial charge in [-0.2, -0.15) is 5.10 Å². The van der Waals surface area contributed by atoms with Crippen LogP contribution < -0.4 is 4.74 Å². The van der Waals surface area contributed by atoms with E-state index in [9.17, 15) is 13.6 Å². The summed E-state index contributed by atoms with van der Waals surface area (Å²) in [6.07, 6.45) is 5.80. The molecule has 1 aliphatic rings. The average molecular weight is 467 g/mol. The van der Waals surface area contributed by atoms with E-state index in [0.29, 0.717) is 24.9 Å². The number of methoxy groups -OCH3 is 2. The predicted octanol–water partition coefficient (Wildman–Crippen LogP) is 5.57. The zero-order chi connectivity index (χ0) is 24.3. The summed E-state index contributed by atoms with van der Waals surface area (Å²) >= 11 is 0. The number of fused-ring (bicyclic) bond motifs is 3. The van der Waals surface area contributed by atoms with Crippen molar-refractivity contribution in [2.45, 2.75) is 39.8 Å². The zero-order valence-corrected chi connectivity index (χ0v) is 20.8. The number of rotatable bonds is 6. The van der Waals surface area contributed by atoms with Crippen LogP contribution in [0.15, 0.2) is 35.9 Å². The number of halogens is 2. The molecule has 1 unspecified atom stereocenters. The first-order valence-electron chi connectivity index (χ1n) is 10.3. The number of alkyl halides is 2. The quantitative estimate of drug-likeness (QED) is 0.242. The van der Waals surface area contributed by atoms with E-state index >= 15 is 0 Å². The lowest BCUT2D eigenvalue weighted by molar-refractivity contribution is -0.136. The summed E-state index contributed by atoms with van der Waals surface area (Å²) in [5.74, 6) is 0.429. The fraction of sp³-hybridized carbons (Fsp3) is 0.417. The van der Waals surface area contributed by atoms with E-state index in [1.807, 2.05) is 42.5 Å². The van der Waals surface area contributed by atoms with E-state index in [2.05, 4.69) is 14.3 Å². The predicted molar refractivity (Wildman–Crippen MR) is 129 cm³/mol. The van der Waals surface area contributed by atoms with Crippen LogP contribution in [0.3, 0.4) is 0 Å². The molecule has 0 fully saturated rings. The molecule has 3 rings (SSSR count). The fourth-order valence-electron chi connectivity index (χ4n) is 3.53. The third kappa shape index (κ3) is 6.04. The standard InChI is InChI=1S/C22H25FN2O3.CH3F.CH5P/c1-5-16(8-6-14(2)22(26)28-4)25-21-18-11-9-17(27-3)12-15(18)7-10-19(21)20(13-23)24-25;2*1-2/h6,8-9,11-12H,5,7,10,13H2,1-4H3;1H3;2H2,1H3/b14-6+,16-8+;;. The molecule has 0 radical (unpaired) electrons. The summed E-state index contributed by atoms with van der Waals surface area (Å²) in [5, 5.41) is 4.56. The molecule has 32 heavy (non-hydrogen) atoms. The van der Waals surface area contributed by atoms with Crippen molar-refractivity contribution in [2.24, 2.45) is 0 Å². The molecule has 8 heteroatoms. The van der Waals surface area contributed by atoms with Gasteiger partial charge in [-0.3, -0.25) is 4.39 Å². The van der Waals surface area contributed by atoms with Gasteiger partial charge < -0.3 is 9.47 Å². The van der Waals surface area contributed by atoms with Crippen molar-refractivity contribution < 1.29 is 23.0 Å². The van der Waals surface area contributed by atoms with Crippen molar-refractivity contribution in [1.82, 2.24) is 9.78 Å². The van der Waals surface area contributed by atoms with Crippen LogP contribution in [0, 0.1) is 0 Å². The van der Waals surface area contributed by atoms with Crippen LogP contribution >= 0.6 is 9.24 Å².